The van der Waals surface area contributed by atoms with E-state index in [0.717, 1.165) is 29.5 Å². The topological polar surface area (TPSA) is 46.5 Å². The second-order valence-electron chi connectivity index (χ2n) is 8.29. The van der Waals surface area contributed by atoms with Crippen LogP contribution in [0.2, 0.25) is 0 Å². The zero-order valence-electron chi connectivity index (χ0n) is 16.1. The molecule has 0 saturated carbocycles. The molecule has 1 N–H and O–H groups in total. The molecule has 1 rings (SSSR count). The summed E-state index contributed by atoms with van der Waals surface area (Å²) >= 11 is 0. The fourth-order valence-corrected chi connectivity index (χ4v) is 3.50. The van der Waals surface area contributed by atoms with Gasteiger partial charge in [0.05, 0.1) is 6.61 Å². The van der Waals surface area contributed by atoms with Crippen molar-refractivity contribution in [2.24, 2.45) is 0 Å². The first kappa shape index (κ1) is 23.7. The van der Waals surface area contributed by atoms with E-state index >= 15 is 0 Å². The minimum absolute atomic E-state index is 0. The van der Waals surface area contributed by atoms with E-state index in [2.05, 4.69) is 48.5 Å². The molecule has 0 bridgehead atoms. The summed E-state index contributed by atoms with van der Waals surface area (Å²) in [5.41, 5.74) is 2.46. The van der Waals surface area contributed by atoms with Crippen molar-refractivity contribution < 1.29 is 30.7 Å². The van der Waals surface area contributed by atoms with Gasteiger partial charge in [-0.25, -0.2) is 0 Å². The van der Waals surface area contributed by atoms with Crippen LogP contribution in [0.4, 0.5) is 0 Å². The first-order valence-corrected chi connectivity index (χ1v) is 10.0. The second kappa shape index (κ2) is 9.41. The van der Waals surface area contributed by atoms with Crippen LogP contribution in [0.3, 0.4) is 0 Å². The summed E-state index contributed by atoms with van der Waals surface area (Å²) in [5.74, 6) is 0.361. The van der Waals surface area contributed by atoms with Crippen LogP contribution in [0.1, 0.15) is 78.0 Å². The molecule has 1 unspecified atom stereocenters. The van der Waals surface area contributed by atoms with Crippen LogP contribution in [0.15, 0.2) is 12.1 Å². The standard InChI is InChI=1S/C19H33O3P.Ni/c1-8-9-10-22-23(21)13-14-11-15(18(2,3)4)17(20)16(12-14)19(5,6)7;/h11-12,20,23H,8-10,13H2,1-7H3;. The molecule has 0 aliphatic heterocycles. The molecule has 0 aromatic heterocycles. The van der Waals surface area contributed by atoms with Crippen LogP contribution in [0.5, 0.6) is 5.75 Å². The van der Waals surface area contributed by atoms with E-state index in [-0.39, 0.29) is 27.3 Å². The molecule has 0 spiro atoms. The van der Waals surface area contributed by atoms with Crippen molar-refractivity contribution in [3.8, 4) is 5.75 Å². The minimum Gasteiger partial charge on any atom is -0.507 e. The Morgan fingerprint density at radius 3 is 1.88 bits per heavy atom. The average molecular weight is 399 g/mol. The van der Waals surface area contributed by atoms with E-state index in [4.69, 9.17) is 4.52 Å². The SMILES string of the molecule is CCCCO[PH](=O)Cc1cc(C(C)(C)C)c(O)c(C(C)(C)C)c1.[Ni]. The Labute approximate surface area is 158 Å². The van der Waals surface area contributed by atoms with Crippen LogP contribution >= 0.6 is 8.03 Å². The Balaban J connectivity index is 0.00000529. The number of benzene rings is 1. The summed E-state index contributed by atoms with van der Waals surface area (Å²) in [6.07, 6.45) is 2.41. The summed E-state index contributed by atoms with van der Waals surface area (Å²) in [4.78, 5) is 0. The number of aromatic hydroxyl groups is 1. The molecular weight excluding hydrogens is 366 g/mol. The van der Waals surface area contributed by atoms with Gasteiger partial charge >= 0.3 is 0 Å². The van der Waals surface area contributed by atoms with E-state index < -0.39 is 8.03 Å². The predicted molar refractivity (Wildman–Crippen MR) is 99.1 cm³/mol. The molecule has 3 nitrogen and oxygen atoms in total. The largest absolute Gasteiger partial charge is 0.507 e. The van der Waals surface area contributed by atoms with Gasteiger partial charge in [0.25, 0.3) is 0 Å². The van der Waals surface area contributed by atoms with Gasteiger partial charge in [-0.05, 0) is 33.9 Å². The third-order valence-corrected chi connectivity index (χ3v) is 5.12. The molecule has 1 aromatic rings. The van der Waals surface area contributed by atoms with Gasteiger partial charge in [-0.3, -0.25) is 4.57 Å². The van der Waals surface area contributed by atoms with Gasteiger partial charge in [-0.2, -0.15) is 0 Å². The molecule has 0 heterocycles. The van der Waals surface area contributed by atoms with E-state index in [9.17, 15) is 9.67 Å². The Hall–Kier alpha value is -0.296. The van der Waals surface area contributed by atoms with Gasteiger partial charge in [0.1, 0.15) is 5.75 Å². The van der Waals surface area contributed by atoms with Gasteiger partial charge in [0, 0.05) is 22.7 Å². The fourth-order valence-electron chi connectivity index (χ4n) is 2.49. The first-order chi connectivity index (χ1) is 10.5. The van der Waals surface area contributed by atoms with Gasteiger partial charge in [-0.1, -0.05) is 67.0 Å². The Morgan fingerprint density at radius 1 is 1.04 bits per heavy atom. The van der Waals surface area contributed by atoms with Gasteiger partial charge in [0.15, 0.2) is 8.03 Å². The second-order valence-corrected chi connectivity index (χ2v) is 9.68. The third kappa shape index (κ3) is 6.91. The molecule has 0 radical (unpaired) electrons. The molecule has 0 aliphatic carbocycles. The fraction of sp³-hybridized carbons (Fsp3) is 0.684. The van der Waals surface area contributed by atoms with Crippen molar-refractivity contribution in [3.63, 3.8) is 0 Å². The smallest absolute Gasteiger partial charge is 0.195 e. The summed E-state index contributed by atoms with van der Waals surface area (Å²) in [7, 11) is -2.08. The zero-order valence-corrected chi connectivity index (χ0v) is 18.1. The van der Waals surface area contributed by atoms with Gasteiger partial charge in [0.2, 0.25) is 0 Å². The van der Waals surface area contributed by atoms with E-state index in [1.807, 2.05) is 12.1 Å². The number of unbranched alkanes of at least 4 members (excludes halogenated alkanes) is 1. The van der Waals surface area contributed by atoms with E-state index in [1.165, 1.54) is 0 Å². The van der Waals surface area contributed by atoms with Crippen molar-refractivity contribution in [1.29, 1.82) is 0 Å². The Kier molecular flexibility index (Phi) is 9.30. The van der Waals surface area contributed by atoms with Gasteiger partial charge < -0.3 is 9.63 Å². The number of hydrogen-bond acceptors (Lipinski definition) is 3. The molecule has 0 saturated heterocycles. The molecule has 1 aromatic carbocycles. The third-order valence-electron chi connectivity index (χ3n) is 3.90. The molecule has 0 aliphatic rings. The molecule has 24 heavy (non-hydrogen) atoms. The molecule has 0 amide bonds. The van der Waals surface area contributed by atoms with Crippen molar-refractivity contribution in [1.82, 2.24) is 0 Å². The number of rotatable bonds is 6. The van der Waals surface area contributed by atoms with Crippen molar-refractivity contribution in [3.05, 3.63) is 28.8 Å². The summed E-state index contributed by atoms with van der Waals surface area (Å²) in [6.45, 7) is 15.1. The number of hydrogen-bond donors (Lipinski definition) is 1. The molecule has 1 atom stereocenters. The molecule has 142 valence electrons. The molecule has 5 heteroatoms. The summed E-state index contributed by atoms with van der Waals surface area (Å²) < 4.78 is 17.6. The summed E-state index contributed by atoms with van der Waals surface area (Å²) in [5, 5.41) is 10.7. The summed E-state index contributed by atoms with van der Waals surface area (Å²) in [6, 6.07) is 3.96. The van der Waals surface area contributed by atoms with Crippen LogP contribution in [-0.4, -0.2) is 11.7 Å². The maximum Gasteiger partial charge on any atom is 0.195 e. The van der Waals surface area contributed by atoms with Crippen molar-refractivity contribution >= 4 is 8.03 Å². The maximum absolute atomic E-state index is 12.2. The zero-order chi connectivity index (χ0) is 17.8. The van der Waals surface area contributed by atoms with Crippen LogP contribution in [-0.2, 0) is 42.6 Å². The number of phenols is 1. The normalized spacial score (nSPS) is 13.5. The monoisotopic (exact) mass is 398 g/mol. The maximum atomic E-state index is 12.2. The Morgan fingerprint density at radius 2 is 1.50 bits per heavy atom. The van der Waals surface area contributed by atoms with Crippen LogP contribution in [0.25, 0.3) is 0 Å². The molecular formula is C19H33NiO3P. The van der Waals surface area contributed by atoms with E-state index in [1.54, 1.807) is 0 Å². The van der Waals surface area contributed by atoms with Crippen molar-refractivity contribution in [2.75, 3.05) is 6.61 Å². The first-order valence-electron chi connectivity index (χ1n) is 8.49. The van der Waals surface area contributed by atoms with Crippen LogP contribution < -0.4 is 0 Å². The van der Waals surface area contributed by atoms with Crippen molar-refractivity contribution in [2.45, 2.75) is 78.3 Å². The number of phenolic OH excluding ortho intramolecular Hbond substituents is 1. The average Bonchev–Trinajstić information content (AvgIpc) is 2.38. The van der Waals surface area contributed by atoms with E-state index in [0.29, 0.717) is 18.5 Å². The quantitative estimate of drug-likeness (QED) is 0.375. The predicted octanol–water partition coefficient (Wildman–Crippen LogP) is 5.78. The van der Waals surface area contributed by atoms with Crippen LogP contribution in [0, 0.1) is 0 Å². The molecule has 0 fully saturated rings. The van der Waals surface area contributed by atoms with Gasteiger partial charge in [-0.15, -0.1) is 0 Å². The minimum atomic E-state index is -2.08. The Bertz CT molecular complexity index is 522.